The Morgan fingerprint density at radius 2 is 1.79 bits per heavy atom. The minimum Gasteiger partial charge on any atom is -0.481 e. The smallest absolute Gasteiger partial charge is 0.309 e. The molecule has 0 spiro atoms. The normalized spacial score (nSPS) is 44.6. The van der Waals surface area contributed by atoms with Crippen molar-refractivity contribution < 1.29 is 9.90 Å². The molecule has 0 aromatic heterocycles. The van der Waals surface area contributed by atoms with E-state index in [0.717, 1.165) is 11.8 Å². The first-order valence-electron chi connectivity index (χ1n) is 8.06. The summed E-state index contributed by atoms with van der Waals surface area (Å²) in [6, 6.07) is 0. The van der Waals surface area contributed by atoms with Crippen molar-refractivity contribution in [1.82, 2.24) is 0 Å². The molecule has 108 valence electrons. The fraction of sp³-hybridized carbons (Fsp3) is 0.941. The molecule has 4 rings (SSSR count). The van der Waals surface area contributed by atoms with E-state index < -0.39 is 11.4 Å². The van der Waals surface area contributed by atoms with Gasteiger partial charge in [0.25, 0.3) is 0 Å². The molecule has 4 aliphatic rings. The van der Waals surface area contributed by atoms with Gasteiger partial charge in [0.05, 0.1) is 5.41 Å². The number of carbonyl (C=O) groups is 1. The molecule has 0 heterocycles. The Kier molecular flexibility index (Phi) is 2.82. The number of aliphatic carboxylic acids is 1. The van der Waals surface area contributed by atoms with Crippen molar-refractivity contribution in [3.8, 4) is 0 Å². The largest absolute Gasteiger partial charge is 0.481 e. The van der Waals surface area contributed by atoms with Crippen LogP contribution < -0.4 is 0 Å². The van der Waals surface area contributed by atoms with Gasteiger partial charge in [-0.15, -0.1) is 0 Å². The van der Waals surface area contributed by atoms with Crippen LogP contribution in [0.1, 0.15) is 72.1 Å². The molecule has 4 bridgehead atoms. The van der Waals surface area contributed by atoms with E-state index in [1.807, 2.05) is 13.8 Å². The molecule has 0 radical (unpaired) electrons. The summed E-state index contributed by atoms with van der Waals surface area (Å²) in [5.74, 6) is 1.04. The van der Waals surface area contributed by atoms with Gasteiger partial charge in [-0.25, -0.2) is 0 Å². The average Bonchev–Trinajstić information content (AvgIpc) is 2.26. The summed E-state index contributed by atoms with van der Waals surface area (Å²) in [6.45, 7) is 6.26. The predicted octanol–water partition coefficient (Wildman–Crippen LogP) is 4.48. The van der Waals surface area contributed by atoms with Crippen LogP contribution in [0.4, 0.5) is 0 Å². The first-order chi connectivity index (χ1) is 8.82. The standard InChI is InChI=1S/C17H28O2/c1-4-5-16-7-12-6-13(8-16)10-17(9-12,11-16)15(2,3)14(18)19/h12-13H,4-11H2,1-3H3,(H,18,19). The average molecular weight is 264 g/mol. The van der Waals surface area contributed by atoms with E-state index in [1.54, 1.807) is 0 Å². The Morgan fingerprint density at radius 3 is 2.26 bits per heavy atom. The Hall–Kier alpha value is -0.530. The molecule has 19 heavy (non-hydrogen) atoms. The highest BCUT2D eigenvalue weighted by atomic mass is 16.4. The van der Waals surface area contributed by atoms with Gasteiger partial charge in [0, 0.05) is 0 Å². The summed E-state index contributed by atoms with van der Waals surface area (Å²) in [5.41, 5.74) is 0.0212. The number of carboxylic acid groups (broad SMARTS) is 1. The van der Waals surface area contributed by atoms with Crippen LogP contribution in [0.3, 0.4) is 0 Å². The van der Waals surface area contributed by atoms with Gasteiger partial charge in [-0.3, -0.25) is 4.79 Å². The maximum atomic E-state index is 11.8. The number of hydrogen-bond acceptors (Lipinski definition) is 1. The van der Waals surface area contributed by atoms with Crippen molar-refractivity contribution in [3.63, 3.8) is 0 Å². The maximum absolute atomic E-state index is 11.8. The fourth-order valence-corrected chi connectivity index (χ4v) is 6.23. The van der Waals surface area contributed by atoms with Crippen molar-refractivity contribution in [2.45, 2.75) is 72.1 Å². The summed E-state index contributed by atoms with van der Waals surface area (Å²) in [5, 5.41) is 9.72. The summed E-state index contributed by atoms with van der Waals surface area (Å²) < 4.78 is 0. The van der Waals surface area contributed by atoms with Gasteiger partial charge in [0.15, 0.2) is 0 Å². The second-order valence-corrected chi connectivity index (χ2v) is 8.42. The quantitative estimate of drug-likeness (QED) is 0.812. The lowest BCUT2D eigenvalue weighted by Crippen LogP contribution is -2.58. The lowest BCUT2D eigenvalue weighted by molar-refractivity contribution is -0.188. The van der Waals surface area contributed by atoms with Crippen molar-refractivity contribution in [2.24, 2.45) is 28.1 Å². The van der Waals surface area contributed by atoms with E-state index in [2.05, 4.69) is 6.92 Å². The van der Waals surface area contributed by atoms with Gasteiger partial charge >= 0.3 is 5.97 Å². The van der Waals surface area contributed by atoms with Crippen molar-refractivity contribution >= 4 is 5.97 Å². The zero-order valence-corrected chi connectivity index (χ0v) is 12.7. The molecule has 0 amide bonds. The van der Waals surface area contributed by atoms with E-state index in [0.29, 0.717) is 5.41 Å². The molecule has 4 aliphatic carbocycles. The van der Waals surface area contributed by atoms with Crippen LogP contribution in [0.5, 0.6) is 0 Å². The van der Waals surface area contributed by atoms with Crippen molar-refractivity contribution in [1.29, 1.82) is 0 Å². The van der Waals surface area contributed by atoms with E-state index in [1.165, 1.54) is 51.4 Å². The highest BCUT2D eigenvalue weighted by molar-refractivity contribution is 5.75. The van der Waals surface area contributed by atoms with Crippen LogP contribution in [0, 0.1) is 28.1 Å². The molecule has 2 unspecified atom stereocenters. The van der Waals surface area contributed by atoms with Crippen molar-refractivity contribution in [2.75, 3.05) is 0 Å². The first kappa shape index (κ1) is 13.5. The predicted molar refractivity (Wildman–Crippen MR) is 75.9 cm³/mol. The Bertz CT molecular complexity index is 382. The van der Waals surface area contributed by atoms with Gasteiger partial charge in [-0.05, 0) is 81.5 Å². The van der Waals surface area contributed by atoms with E-state index in [4.69, 9.17) is 0 Å². The minimum atomic E-state index is -0.582. The van der Waals surface area contributed by atoms with Crippen LogP contribution in [0.25, 0.3) is 0 Å². The second-order valence-electron chi connectivity index (χ2n) is 8.42. The second kappa shape index (κ2) is 3.99. The monoisotopic (exact) mass is 264 g/mol. The third-order valence-electron chi connectivity index (χ3n) is 6.82. The van der Waals surface area contributed by atoms with E-state index >= 15 is 0 Å². The van der Waals surface area contributed by atoms with Crippen LogP contribution in [0.15, 0.2) is 0 Å². The SMILES string of the molecule is CCCC12CC3CC(C1)CC(C(C)(C)C(=O)O)(C3)C2. The third-order valence-corrected chi connectivity index (χ3v) is 6.82. The highest BCUT2D eigenvalue weighted by Gasteiger charge is 2.63. The molecular formula is C17H28O2. The topological polar surface area (TPSA) is 37.3 Å². The van der Waals surface area contributed by atoms with Crippen LogP contribution in [-0.2, 0) is 4.79 Å². The van der Waals surface area contributed by atoms with Gasteiger partial charge < -0.3 is 5.11 Å². The zero-order valence-electron chi connectivity index (χ0n) is 12.7. The van der Waals surface area contributed by atoms with Crippen LogP contribution in [-0.4, -0.2) is 11.1 Å². The Labute approximate surface area is 117 Å². The zero-order chi connectivity index (χ0) is 13.9. The highest BCUT2D eigenvalue weighted by Crippen LogP contribution is 2.70. The van der Waals surface area contributed by atoms with Crippen LogP contribution in [0.2, 0.25) is 0 Å². The first-order valence-corrected chi connectivity index (χ1v) is 8.06. The van der Waals surface area contributed by atoms with Gasteiger partial charge in [0.2, 0.25) is 0 Å². The third kappa shape index (κ3) is 1.78. The lowest BCUT2D eigenvalue weighted by atomic mass is 9.38. The molecular weight excluding hydrogens is 236 g/mol. The lowest BCUT2D eigenvalue weighted by Gasteiger charge is -2.66. The van der Waals surface area contributed by atoms with Gasteiger partial charge in [-0.1, -0.05) is 13.3 Å². The molecule has 4 fully saturated rings. The molecule has 1 N–H and O–H groups in total. The van der Waals surface area contributed by atoms with Gasteiger partial charge in [0.1, 0.15) is 0 Å². The molecule has 4 saturated carbocycles. The molecule has 2 atom stereocenters. The molecule has 0 aromatic carbocycles. The van der Waals surface area contributed by atoms with Crippen molar-refractivity contribution in [3.05, 3.63) is 0 Å². The maximum Gasteiger partial charge on any atom is 0.309 e. The van der Waals surface area contributed by atoms with Gasteiger partial charge in [-0.2, -0.15) is 0 Å². The summed E-state index contributed by atoms with van der Waals surface area (Å²) in [4.78, 5) is 11.8. The van der Waals surface area contributed by atoms with E-state index in [-0.39, 0.29) is 5.41 Å². The summed E-state index contributed by atoms with van der Waals surface area (Å²) >= 11 is 0. The molecule has 0 aromatic rings. The van der Waals surface area contributed by atoms with Crippen LogP contribution >= 0.6 is 0 Å². The number of rotatable bonds is 4. The molecule has 0 saturated heterocycles. The summed E-state index contributed by atoms with van der Waals surface area (Å²) in [6.07, 6.45) is 10.2. The minimum absolute atomic E-state index is 0.0814. The Balaban J connectivity index is 1.98. The fourth-order valence-electron chi connectivity index (χ4n) is 6.23. The molecule has 2 nitrogen and oxygen atoms in total. The number of carboxylic acids is 1. The number of hydrogen-bond donors (Lipinski definition) is 1. The Morgan fingerprint density at radius 1 is 1.21 bits per heavy atom. The summed E-state index contributed by atoms with van der Waals surface area (Å²) in [7, 11) is 0. The van der Waals surface area contributed by atoms with E-state index in [9.17, 15) is 9.90 Å². The molecule has 2 heteroatoms. The molecule has 0 aliphatic heterocycles.